The lowest BCUT2D eigenvalue weighted by atomic mass is 9.99. The molecule has 10 heteroatoms. The average molecular weight is 932 g/mol. The average Bonchev–Trinajstić information content (AvgIpc) is 3.32. The fraction of sp³-hybridized carbons (Fsp3) is 0.804. The molecule has 1 aliphatic heterocycles. The number of amides is 1. The smallest absolute Gasteiger partial charge is 0.249 e. The van der Waals surface area contributed by atoms with Crippen LogP contribution in [-0.4, -0.2) is 98.7 Å². The highest BCUT2D eigenvalue weighted by atomic mass is 16.7. The molecule has 0 saturated carbocycles. The zero-order chi connectivity index (χ0) is 48.1. The van der Waals surface area contributed by atoms with E-state index in [4.69, 9.17) is 9.47 Å². The highest BCUT2D eigenvalue weighted by Crippen LogP contribution is 2.23. The molecular formula is C56H101NO9. The lowest BCUT2D eigenvalue weighted by Crippen LogP contribution is -2.60. The van der Waals surface area contributed by atoms with Crippen LogP contribution in [0.2, 0.25) is 0 Å². The topological polar surface area (TPSA) is 169 Å². The second-order valence-electron chi connectivity index (χ2n) is 18.8. The molecule has 8 unspecified atom stereocenters. The molecular weight excluding hydrogens is 831 g/mol. The first-order chi connectivity index (χ1) is 32.3. The Morgan fingerprint density at radius 2 is 0.939 bits per heavy atom. The van der Waals surface area contributed by atoms with E-state index in [9.17, 15) is 35.4 Å². The van der Waals surface area contributed by atoms with Crippen LogP contribution in [0.25, 0.3) is 0 Å². The van der Waals surface area contributed by atoms with E-state index in [2.05, 4.69) is 67.8 Å². The maximum atomic E-state index is 13.1. The van der Waals surface area contributed by atoms with Crippen LogP contribution in [0.4, 0.5) is 0 Å². The summed E-state index contributed by atoms with van der Waals surface area (Å²) in [4.78, 5) is 13.1. The highest BCUT2D eigenvalue weighted by molar-refractivity contribution is 5.80. The Balaban J connectivity index is 2.25. The predicted molar refractivity (Wildman–Crippen MR) is 273 cm³/mol. The molecule has 7 N–H and O–H groups in total. The van der Waals surface area contributed by atoms with Gasteiger partial charge in [0.25, 0.3) is 0 Å². The van der Waals surface area contributed by atoms with Gasteiger partial charge in [-0.1, -0.05) is 209 Å². The van der Waals surface area contributed by atoms with Crippen molar-refractivity contribution >= 4 is 5.91 Å². The summed E-state index contributed by atoms with van der Waals surface area (Å²) in [6.45, 7) is 3.55. The van der Waals surface area contributed by atoms with E-state index >= 15 is 0 Å². The third-order valence-electron chi connectivity index (χ3n) is 12.7. The Bertz CT molecular complexity index is 1240. The Kier molecular flexibility index (Phi) is 42.5. The van der Waals surface area contributed by atoms with E-state index in [0.29, 0.717) is 19.3 Å². The highest BCUT2D eigenvalue weighted by Gasteiger charge is 2.44. The van der Waals surface area contributed by atoms with Crippen molar-refractivity contribution in [1.29, 1.82) is 0 Å². The van der Waals surface area contributed by atoms with Gasteiger partial charge in [0.15, 0.2) is 6.29 Å². The molecule has 8 atom stereocenters. The molecule has 1 amide bonds. The lowest BCUT2D eigenvalue weighted by Gasteiger charge is -2.40. The summed E-state index contributed by atoms with van der Waals surface area (Å²) in [5.74, 6) is -0.633. The molecule has 0 aromatic rings. The molecule has 0 radical (unpaired) electrons. The summed E-state index contributed by atoms with van der Waals surface area (Å²) in [6, 6.07) is -1.01. The summed E-state index contributed by atoms with van der Waals surface area (Å²) in [7, 11) is 0. The number of aliphatic hydroxyl groups is 6. The second-order valence-corrected chi connectivity index (χ2v) is 18.8. The van der Waals surface area contributed by atoms with Crippen LogP contribution in [0, 0.1) is 0 Å². The van der Waals surface area contributed by atoms with Gasteiger partial charge in [0.05, 0.1) is 25.4 Å². The molecule has 0 spiro atoms. The largest absolute Gasteiger partial charge is 0.394 e. The monoisotopic (exact) mass is 932 g/mol. The number of hydrogen-bond donors (Lipinski definition) is 7. The third kappa shape index (κ3) is 34.2. The molecule has 1 aliphatic rings. The van der Waals surface area contributed by atoms with Crippen LogP contribution in [0.3, 0.4) is 0 Å². The van der Waals surface area contributed by atoms with Crippen molar-refractivity contribution in [3.63, 3.8) is 0 Å². The molecule has 0 aromatic carbocycles. The summed E-state index contributed by atoms with van der Waals surface area (Å²) in [5, 5.41) is 64.8. The van der Waals surface area contributed by atoms with Crippen LogP contribution < -0.4 is 5.32 Å². The van der Waals surface area contributed by atoms with Crippen LogP contribution in [-0.2, 0) is 14.3 Å². The number of nitrogens with one attached hydrogen (secondary N) is 1. The standard InChI is InChI=1S/C56H101NO9/c1-3-5-7-9-11-13-15-17-18-19-20-21-22-23-24-25-26-27-28-29-30-31-33-35-37-39-41-43-45-50(60)55(64)57-48(47-65-56-54(63)53(62)52(61)51(46-58)66-56)49(59)44-42-40-38-36-34-32-16-14-12-10-8-6-4-2/h12,14,20-21,23-24,34,36,42,44,48-54,56,58-63H,3-11,13,15-19,22,25-33,35,37-41,43,45-47H2,1-2H3,(H,57,64)/b14-12+,21-20-,24-23-,36-34+,44-42+. The third-order valence-corrected chi connectivity index (χ3v) is 12.7. The van der Waals surface area contributed by atoms with Crippen molar-refractivity contribution < 1.29 is 44.9 Å². The van der Waals surface area contributed by atoms with Gasteiger partial charge < -0.3 is 45.4 Å². The normalized spacial score (nSPS) is 20.8. The summed E-state index contributed by atoms with van der Waals surface area (Å²) >= 11 is 0. The minimum absolute atomic E-state index is 0.297. The van der Waals surface area contributed by atoms with Crippen molar-refractivity contribution in [3.05, 3.63) is 60.8 Å². The molecule has 1 rings (SSSR count). The predicted octanol–water partition coefficient (Wildman–Crippen LogP) is 11.7. The van der Waals surface area contributed by atoms with Crippen LogP contribution >= 0.6 is 0 Å². The zero-order valence-electron chi connectivity index (χ0n) is 42.0. The van der Waals surface area contributed by atoms with Gasteiger partial charge in [-0.3, -0.25) is 4.79 Å². The molecule has 1 heterocycles. The Labute approximate surface area is 403 Å². The fourth-order valence-electron chi connectivity index (χ4n) is 8.22. The molecule has 10 nitrogen and oxygen atoms in total. The van der Waals surface area contributed by atoms with Gasteiger partial charge in [0, 0.05) is 0 Å². The van der Waals surface area contributed by atoms with Gasteiger partial charge in [-0.2, -0.15) is 0 Å². The van der Waals surface area contributed by atoms with Crippen molar-refractivity contribution in [3.8, 4) is 0 Å². The van der Waals surface area contributed by atoms with Gasteiger partial charge >= 0.3 is 0 Å². The quantitative estimate of drug-likeness (QED) is 0.0232. The van der Waals surface area contributed by atoms with Gasteiger partial charge in [-0.25, -0.2) is 0 Å². The number of unbranched alkanes of at least 4 members (excludes halogenated alkanes) is 26. The van der Waals surface area contributed by atoms with Gasteiger partial charge in [-0.15, -0.1) is 0 Å². The van der Waals surface area contributed by atoms with E-state index in [0.717, 1.165) is 51.4 Å². The Morgan fingerprint density at radius 3 is 1.44 bits per heavy atom. The van der Waals surface area contributed by atoms with Gasteiger partial charge in [-0.05, 0) is 77.0 Å². The zero-order valence-corrected chi connectivity index (χ0v) is 42.0. The molecule has 1 fully saturated rings. The maximum absolute atomic E-state index is 13.1. The van der Waals surface area contributed by atoms with E-state index in [-0.39, 0.29) is 6.61 Å². The Hall–Kier alpha value is -2.15. The van der Waals surface area contributed by atoms with E-state index < -0.39 is 61.5 Å². The summed E-state index contributed by atoms with van der Waals surface area (Å²) in [6.07, 6.45) is 50.4. The molecule has 0 aromatic heterocycles. The van der Waals surface area contributed by atoms with Gasteiger partial charge in [0.1, 0.15) is 30.5 Å². The molecule has 1 saturated heterocycles. The number of ether oxygens (including phenoxy) is 2. The maximum Gasteiger partial charge on any atom is 0.249 e. The van der Waals surface area contributed by atoms with Crippen LogP contribution in [0.15, 0.2) is 60.8 Å². The summed E-state index contributed by atoms with van der Waals surface area (Å²) in [5.41, 5.74) is 0. The summed E-state index contributed by atoms with van der Waals surface area (Å²) < 4.78 is 11.1. The van der Waals surface area contributed by atoms with Crippen molar-refractivity contribution in [2.24, 2.45) is 0 Å². The minimum atomic E-state index is -1.62. The first-order valence-electron chi connectivity index (χ1n) is 27.1. The Morgan fingerprint density at radius 1 is 0.530 bits per heavy atom. The van der Waals surface area contributed by atoms with Crippen molar-refractivity contribution in [2.75, 3.05) is 13.2 Å². The number of carbonyl (C=O) groups is 1. The van der Waals surface area contributed by atoms with E-state index in [1.165, 1.54) is 141 Å². The molecule has 384 valence electrons. The second kappa shape index (κ2) is 45.3. The number of hydrogen-bond acceptors (Lipinski definition) is 9. The van der Waals surface area contributed by atoms with Crippen molar-refractivity contribution in [2.45, 2.75) is 275 Å². The van der Waals surface area contributed by atoms with Crippen molar-refractivity contribution in [1.82, 2.24) is 5.32 Å². The molecule has 0 bridgehead atoms. The molecule has 66 heavy (non-hydrogen) atoms. The number of rotatable bonds is 45. The first-order valence-corrected chi connectivity index (χ1v) is 27.1. The fourth-order valence-corrected chi connectivity index (χ4v) is 8.22. The first kappa shape index (κ1) is 61.9. The van der Waals surface area contributed by atoms with Crippen LogP contribution in [0.5, 0.6) is 0 Å². The van der Waals surface area contributed by atoms with E-state index in [1.54, 1.807) is 6.08 Å². The van der Waals surface area contributed by atoms with Gasteiger partial charge in [0.2, 0.25) is 5.91 Å². The SMILES string of the molecule is CCCCC/C=C/CC/C=C/CC/C=C/C(O)C(COC1OC(CO)C(O)C(O)C1O)NC(=O)C(O)CCCCCCCCCCCCCC/C=C\C/C=C\CCCCCCCCCCC. The number of aliphatic hydroxyl groups excluding tert-OH is 6. The molecule has 0 aliphatic carbocycles. The van der Waals surface area contributed by atoms with E-state index in [1.807, 2.05) is 6.08 Å². The number of allylic oxidation sites excluding steroid dienone is 9. The number of carbonyl (C=O) groups excluding carboxylic acids is 1. The van der Waals surface area contributed by atoms with Crippen LogP contribution in [0.1, 0.15) is 226 Å². The lowest BCUT2D eigenvalue weighted by molar-refractivity contribution is -0.302. The minimum Gasteiger partial charge on any atom is -0.394 e.